The molecule has 0 aliphatic heterocycles. The van der Waals surface area contributed by atoms with Crippen LogP contribution in [0.4, 0.5) is 22.0 Å². The molecule has 12 heteroatoms. The van der Waals surface area contributed by atoms with Crippen molar-refractivity contribution in [3.8, 4) is 0 Å². The molecule has 0 spiro atoms. The molecule has 0 atom stereocenters. The Morgan fingerprint density at radius 2 is 1.38 bits per heavy atom. The third-order valence-corrected chi connectivity index (χ3v) is 4.37. The Balaban J connectivity index is 5.03. The highest BCUT2D eigenvalue weighted by molar-refractivity contribution is 8.05. The molecule has 0 aliphatic rings. The third kappa shape index (κ3) is 5.03. The average Bonchev–Trinajstić information content (AvgIpc) is 1.72. The van der Waals surface area contributed by atoms with E-state index in [-0.39, 0.29) is 11.1 Å². The average molecular weight is 291 g/mol. The standard InChI is InChI=1S/C4H6F5NO4S2/c1-3(5,6)2-15(11,12)10-16(13,14)4(7,8)9/h10H,2H2,1H3. The molecule has 0 heterocycles. The second kappa shape index (κ2) is 4.07. The topological polar surface area (TPSA) is 80.3 Å². The van der Waals surface area contributed by atoms with Gasteiger partial charge in [-0.2, -0.15) is 13.2 Å². The summed E-state index contributed by atoms with van der Waals surface area (Å²) in [6.07, 6.45) is 0. The quantitative estimate of drug-likeness (QED) is 0.761. The Hall–Kier alpha value is -0.490. The van der Waals surface area contributed by atoms with Crippen LogP contribution in [0.25, 0.3) is 0 Å². The summed E-state index contributed by atoms with van der Waals surface area (Å²) in [7, 11) is -11.5. The fourth-order valence-electron chi connectivity index (χ4n) is 0.578. The number of alkyl halides is 5. The minimum absolute atomic E-state index is 0.117. The van der Waals surface area contributed by atoms with Gasteiger partial charge in [0.15, 0.2) is 0 Å². The van der Waals surface area contributed by atoms with E-state index >= 15 is 0 Å². The molecule has 16 heavy (non-hydrogen) atoms. The molecule has 0 aliphatic carbocycles. The Kier molecular flexibility index (Phi) is 3.95. The van der Waals surface area contributed by atoms with Crippen molar-refractivity contribution in [2.45, 2.75) is 18.4 Å². The summed E-state index contributed by atoms with van der Waals surface area (Å²) < 4.78 is 102. The predicted octanol–water partition coefficient (Wildman–Crippen LogP) is 0.411. The molecular formula is C4H6F5NO4S2. The maximum absolute atomic E-state index is 12.2. The zero-order chi connectivity index (χ0) is 13.4. The fraction of sp³-hybridized carbons (Fsp3) is 1.00. The SMILES string of the molecule is CC(F)(F)CS(=O)(=O)NS(=O)(=O)C(F)(F)F. The van der Waals surface area contributed by atoms with Gasteiger partial charge in [0.2, 0.25) is 10.0 Å². The van der Waals surface area contributed by atoms with Gasteiger partial charge >= 0.3 is 15.5 Å². The smallest absolute Gasteiger partial charge is 0.211 e. The van der Waals surface area contributed by atoms with Crippen molar-refractivity contribution < 1.29 is 38.8 Å². The highest BCUT2D eigenvalue weighted by Crippen LogP contribution is 2.23. The summed E-state index contributed by atoms with van der Waals surface area (Å²) >= 11 is 0. The molecule has 98 valence electrons. The second-order valence-electron chi connectivity index (χ2n) is 2.86. The van der Waals surface area contributed by atoms with E-state index in [1.165, 1.54) is 0 Å². The van der Waals surface area contributed by atoms with Gasteiger partial charge in [-0.05, 0) is 0 Å². The van der Waals surface area contributed by atoms with Crippen LogP contribution in [0, 0.1) is 0 Å². The number of halogens is 5. The van der Waals surface area contributed by atoms with Crippen molar-refractivity contribution in [2.75, 3.05) is 5.75 Å². The number of hydrogen-bond donors (Lipinski definition) is 1. The number of sulfonamides is 2. The number of nitrogens with one attached hydrogen (secondary N) is 1. The summed E-state index contributed by atoms with van der Waals surface area (Å²) in [5, 5.41) is 0. The largest absolute Gasteiger partial charge is 0.512 e. The molecule has 0 radical (unpaired) electrons. The second-order valence-corrected chi connectivity index (χ2v) is 6.52. The molecule has 0 aromatic carbocycles. The van der Waals surface area contributed by atoms with Gasteiger partial charge in [0.25, 0.3) is 5.92 Å². The summed E-state index contributed by atoms with van der Waals surface area (Å²) in [6, 6.07) is 0. The van der Waals surface area contributed by atoms with Crippen molar-refractivity contribution in [1.82, 2.24) is 4.13 Å². The fourth-order valence-corrected chi connectivity index (χ4v) is 3.20. The molecule has 0 aromatic rings. The first-order valence-corrected chi connectivity index (χ1v) is 6.50. The van der Waals surface area contributed by atoms with Gasteiger partial charge in [-0.1, -0.05) is 0 Å². The van der Waals surface area contributed by atoms with Gasteiger partial charge in [-0.15, -0.1) is 4.13 Å². The maximum Gasteiger partial charge on any atom is 0.512 e. The Morgan fingerprint density at radius 1 is 1.00 bits per heavy atom. The molecule has 0 aromatic heterocycles. The van der Waals surface area contributed by atoms with Crippen molar-refractivity contribution in [1.29, 1.82) is 0 Å². The first kappa shape index (κ1) is 15.5. The zero-order valence-corrected chi connectivity index (χ0v) is 9.18. The van der Waals surface area contributed by atoms with Gasteiger partial charge in [-0.25, -0.2) is 25.6 Å². The maximum atomic E-state index is 12.2. The number of hydrogen-bond acceptors (Lipinski definition) is 4. The molecule has 0 fully saturated rings. The normalized spacial score (nSPS) is 15.1. The van der Waals surface area contributed by atoms with E-state index in [2.05, 4.69) is 0 Å². The van der Waals surface area contributed by atoms with Crippen LogP contribution in [0.3, 0.4) is 0 Å². The molecule has 1 N–H and O–H groups in total. The minimum atomic E-state index is -6.20. The van der Waals surface area contributed by atoms with E-state index in [0.29, 0.717) is 0 Å². The van der Waals surface area contributed by atoms with Crippen molar-refractivity contribution in [3.05, 3.63) is 0 Å². The lowest BCUT2D eigenvalue weighted by Crippen LogP contribution is -2.43. The van der Waals surface area contributed by atoms with E-state index < -0.39 is 37.2 Å². The van der Waals surface area contributed by atoms with Crippen LogP contribution >= 0.6 is 0 Å². The van der Waals surface area contributed by atoms with Crippen LogP contribution in [-0.2, 0) is 20.0 Å². The lowest BCUT2D eigenvalue weighted by atomic mass is 10.5. The Morgan fingerprint density at radius 3 is 1.62 bits per heavy atom. The molecule has 0 saturated carbocycles. The van der Waals surface area contributed by atoms with Crippen molar-refractivity contribution >= 4 is 20.0 Å². The summed E-state index contributed by atoms with van der Waals surface area (Å²) in [4.78, 5) is 0. The van der Waals surface area contributed by atoms with Crippen LogP contribution in [0.1, 0.15) is 6.92 Å². The molecule has 0 unspecified atom stereocenters. The highest BCUT2D eigenvalue weighted by atomic mass is 32.3. The molecule has 0 bridgehead atoms. The molecular weight excluding hydrogens is 285 g/mol. The lowest BCUT2D eigenvalue weighted by Gasteiger charge is -2.13. The first-order valence-electron chi connectivity index (χ1n) is 3.37. The van der Waals surface area contributed by atoms with Gasteiger partial charge in [0.05, 0.1) is 0 Å². The van der Waals surface area contributed by atoms with Crippen LogP contribution in [0.15, 0.2) is 0 Å². The van der Waals surface area contributed by atoms with Gasteiger partial charge < -0.3 is 0 Å². The van der Waals surface area contributed by atoms with Crippen LogP contribution in [0.2, 0.25) is 0 Å². The van der Waals surface area contributed by atoms with E-state index in [4.69, 9.17) is 0 Å². The van der Waals surface area contributed by atoms with E-state index in [1.54, 1.807) is 0 Å². The Bertz CT molecular complexity index is 444. The number of rotatable bonds is 4. The highest BCUT2D eigenvalue weighted by Gasteiger charge is 2.49. The Labute approximate surface area is 87.7 Å². The lowest BCUT2D eigenvalue weighted by molar-refractivity contribution is -0.0441. The predicted molar refractivity (Wildman–Crippen MR) is 42.5 cm³/mol. The summed E-state index contributed by atoms with van der Waals surface area (Å²) in [5.74, 6) is -5.91. The summed E-state index contributed by atoms with van der Waals surface area (Å²) in [5.41, 5.74) is -5.89. The monoisotopic (exact) mass is 291 g/mol. The van der Waals surface area contributed by atoms with Crippen LogP contribution < -0.4 is 4.13 Å². The van der Waals surface area contributed by atoms with E-state index in [1.807, 2.05) is 0 Å². The van der Waals surface area contributed by atoms with E-state index in [9.17, 15) is 38.8 Å². The first-order chi connectivity index (χ1) is 6.66. The van der Waals surface area contributed by atoms with Gasteiger partial charge in [0, 0.05) is 6.92 Å². The van der Waals surface area contributed by atoms with Gasteiger partial charge in [-0.3, -0.25) is 0 Å². The van der Waals surface area contributed by atoms with Crippen LogP contribution in [-0.4, -0.2) is 34.0 Å². The minimum Gasteiger partial charge on any atom is -0.211 e. The van der Waals surface area contributed by atoms with Crippen molar-refractivity contribution in [3.63, 3.8) is 0 Å². The van der Waals surface area contributed by atoms with E-state index in [0.717, 1.165) is 0 Å². The summed E-state index contributed by atoms with van der Waals surface area (Å²) in [6.45, 7) is 0.117. The zero-order valence-electron chi connectivity index (χ0n) is 7.55. The van der Waals surface area contributed by atoms with Gasteiger partial charge in [0.1, 0.15) is 5.75 Å². The molecule has 5 nitrogen and oxygen atoms in total. The molecule has 0 rings (SSSR count). The van der Waals surface area contributed by atoms with Crippen LogP contribution in [0.5, 0.6) is 0 Å². The molecule has 0 saturated heterocycles. The van der Waals surface area contributed by atoms with Crippen molar-refractivity contribution in [2.24, 2.45) is 0 Å². The molecule has 0 amide bonds. The third-order valence-electron chi connectivity index (χ3n) is 0.985.